The lowest BCUT2D eigenvalue weighted by Gasteiger charge is -2.43. The maximum absolute atomic E-state index is 12.7. The molecule has 0 amide bonds. The van der Waals surface area contributed by atoms with Crippen molar-refractivity contribution < 1.29 is 19.1 Å². The second-order valence-electron chi connectivity index (χ2n) is 7.02. The number of ether oxygens (including phenoxy) is 2. The van der Waals surface area contributed by atoms with E-state index in [2.05, 4.69) is 19.1 Å². The van der Waals surface area contributed by atoms with Crippen molar-refractivity contribution >= 4 is 11.8 Å². The zero-order valence-corrected chi connectivity index (χ0v) is 15.6. The number of esters is 1. The lowest BCUT2D eigenvalue weighted by Crippen LogP contribution is -2.49. The van der Waals surface area contributed by atoms with E-state index in [1.54, 1.807) is 7.11 Å². The summed E-state index contributed by atoms with van der Waals surface area (Å²) in [6, 6.07) is 4.22. The van der Waals surface area contributed by atoms with Gasteiger partial charge in [-0.3, -0.25) is 9.59 Å². The second kappa shape index (κ2) is 7.06. The number of Topliss-reactive ketones (excluding diaryl/α,β-unsaturated/α-hetero) is 1. The topological polar surface area (TPSA) is 52.6 Å². The summed E-state index contributed by atoms with van der Waals surface area (Å²) in [5.41, 5.74) is 3.38. The Morgan fingerprint density at radius 3 is 2.17 bits per heavy atom. The summed E-state index contributed by atoms with van der Waals surface area (Å²) in [6.45, 7) is 7.67. The lowest BCUT2D eigenvalue weighted by molar-refractivity contribution is -0.163. The van der Waals surface area contributed by atoms with Crippen LogP contribution in [-0.4, -0.2) is 32.1 Å². The number of hydrogen-bond donors (Lipinski definition) is 0. The van der Waals surface area contributed by atoms with Crippen LogP contribution < -0.4 is 0 Å². The maximum Gasteiger partial charge on any atom is 0.319 e. The first-order valence-corrected chi connectivity index (χ1v) is 8.47. The summed E-state index contributed by atoms with van der Waals surface area (Å²) in [5, 5.41) is 0. The van der Waals surface area contributed by atoms with Gasteiger partial charge in [-0.2, -0.15) is 0 Å². The van der Waals surface area contributed by atoms with Crippen LogP contribution in [0.15, 0.2) is 12.1 Å². The Labute approximate surface area is 144 Å². The number of carbonyl (C=O) groups excluding carboxylic acids is 2. The molecule has 3 unspecified atom stereocenters. The second-order valence-corrected chi connectivity index (χ2v) is 7.02. The van der Waals surface area contributed by atoms with Crippen molar-refractivity contribution in [1.29, 1.82) is 0 Å². The minimum Gasteiger partial charge on any atom is -0.468 e. The summed E-state index contributed by atoms with van der Waals surface area (Å²) >= 11 is 0. The summed E-state index contributed by atoms with van der Waals surface area (Å²) in [5.74, 6) is -0.760. The van der Waals surface area contributed by atoms with E-state index in [1.807, 2.05) is 13.8 Å². The minimum atomic E-state index is -1.12. The third-order valence-corrected chi connectivity index (χ3v) is 5.55. The van der Waals surface area contributed by atoms with Crippen LogP contribution >= 0.6 is 0 Å². The van der Waals surface area contributed by atoms with Crippen LogP contribution in [0.3, 0.4) is 0 Å². The molecule has 0 saturated heterocycles. The number of ketones is 1. The summed E-state index contributed by atoms with van der Waals surface area (Å²) < 4.78 is 10.6. The molecule has 1 fully saturated rings. The van der Waals surface area contributed by atoms with Crippen LogP contribution in [0.1, 0.15) is 54.4 Å². The average Bonchev–Trinajstić information content (AvgIpc) is 2.52. The van der Waals surface area contributed by atoms with E-state index >= 15 is 0 Å². The molecule has 4 nitrogen and oxygen atoms in total. The molecule has 2 rings (SSSR count). The quantitative estimate of drug-likeness (QED) is 0.624. The van der Waals surface area contributed by atoms with Crippen LogP contribution in [0.2, 0.25) is 0 Å². The van der Waals surface area contributed by atoms with Gasteiger partial charge in [-0.15, -0.1) is 0 Å². The van der Waals surface area contributed by atoms with Gasteiger partial charge in [0.1, 0.15) is 11.2 Å². The van der Waals surface area contributed by atoms with E-state index in [4.69, 9.17) is 9.47 Å². The van der Waals surface area contributed by atoms with Crippen molar-refractivity contribution in [3.63, 3.8) is 0 Å². The highest BCUT2D eigenvalue weighted by molar-refractivity contribution is 6.04. The highest BCUT2D eigenvalue weighted by atomic mass is 16.5. The molecule has 0 spiro atoms. The van der Waals surface area contributed by atoms with E-state index in [1.165, 1.54) is 19.6 Å². The molecule has 4 heteroatoms. The fraction of sp³-hybridized carbons (Fsp3) is 0.600. The zero-order chi connectivity index (χ0) is 18.1. The van der Waals surface area contributed by atoms with Gasteiger partial charge in [-0.1, -0.05) is 17.7 Å². The minimum absolute atomic E-state index is 0.0484. The fourth-order valence-corrected chi connectivity index (χ4v) is 4.46. The Hall–Kier alpha value is -1.68. The maximum atomic E-state index is 12.7. The van der Waals surface area contributed by atoms with Gasteiger partial charge in [-0.05, 0) is 63.6 Å². The SMILES string of the molecule is COC(=O)C1(C(C)=O)CCC(OC)CC1c1c(C)cc(C)cc1C. The third kappa shape index (κ3) is 3.00. The molecular formula is C20H28O4. The Morgan fingerprint density at radius 1 is 1.12 bits per heavy atom. The van der Waals surface area contributed by atoms with Crippen molar-refractivity contribution in [2.75, 3.05) is 14.2 Å². The highest BCUT2D eigenvalue weighted by Gasteiger charge is 2.55. The number of aryl methyl sites for hydroxylation is 3. The van der Waals surface area contributed by atoms with Crippen molar-refractivity contribution in [1.82, 2.24) is 0 Å². The molecule has 1 aliphatic rings. The normalized spacial score (nSPS) is 26.9. The Balaban J connectivity index is 2.67. The molecule has 0 heterocycles. The van der Waals surface area contributed by atoms with Crippen LogP contribution in [0.5, 0.6) is 0 Å². The molecule has 0 radical (unpaired) electrons. The first kappa shape index (κ1) is 18.7. The van der Waals surface area contributed by atoms with Gasteiger partial charge in [0.2, 0.25) is 0 Å². The van der Waals surface area contributed by atoms with E-state index in [0.29, 0.717) is 19.3 Å². The van der Waals surface area contributed by atoms with Crippen LogP contribution in [0.25, 0.3) is 0 Å². The zero-order valence-electron chi connectivity index (χ0n) is 15.6. The largest absolute Gasteiger partial charge is 0.468 e. The summed E-state index contributed by atoms with van der Waals surface area (Å²) in [7, 11) is 3.05. The van der Waals surface area contributed by atoms with Gasteiger partial charge in [0.05, 0.1) is 13.2 Å². The molecule has 24 heavy (non-hydrogen) atoms. The smallest absolute Gasteiger partial charge is 0.319 e. The predicted molar refractivity (Wildman–Crippen MR) is 93.2 cm³/mol. The summed E-state index contributed by atoms with van der Waals surface area (Å²) in [4.78, 5) is 25.4. The molecule has 1 aromatic carbocycles. The van der Waals surface area contributed by atoms with E-state index < -0.39 is 11.4 Å². The molecule has 0 aromatic heterocycles. The van der Waals surface area contributed by atoms with Crippen LogP contribution in [0, 0.1) is 26.2 Å². The van der Waals surface area contributed by atoms with Crippen LogP contribution in [0.4, 0.5) is 0 Å². The monoisotopic (exact) mass is 332 g/mol. The van der Waals surface area contributed by atoms with Crippen LogP contribution in [-0.2, 0) is 19.1 Å². The van der Waals surface area contributed by atoms with E-state index in [9.17, 15) is 9.59 Å². The first-order valence-electron chi connectivity index (χ1n) is 8.47. The lowest BCUT2D eigenvalue weighted by atomic mass is 9.60. The van der Waals surface area contributed by atoms with Gasteiger partial charge in [0.15, 0.2) is 0 Å². The molecule has 1 aliphatic carbocycles. The molecular weight excluding hydrogens is 304 g/mol. The fourth-order valence-electron chi connectivity index (χ4n) is 4.46. The standard InChI is InChI=1S/C20H28O4/c1-12-9-13(2)18(14(3)10-12)17-11-16(23-5)7-8-20(17,15(4)21)19(22)24-6/h9-10,16-17H,7-8,11H2,1-6H3. The van der Waals surface area contributed by atoms with Gasteiger partial charge in [-0.25, -0.2) is 0 Å². The van der Waals surface area contributed by atoms with Crippen molar-refractivity contribution in [2.45, 2.75) is 59.0 Å². The van der Waals surface area contributed by atoms with Gasteiger partial charge >= 0.3 is 5.97 Å². The number of benzene rings is 1. The molecule has 1 saturated carbocycles. The predicted octanol–water partition coefficient (Wildman–Crippen LogP) is 3.64. The molecule has 132 valence electrons. The van der Waals surface area contributed by atoms with Crippen molar-refractivity contribution in [3.8, 4) is 0 Å². The van der Waals surface area contributed by atoms with Gasteiger partial charge < -0.3 is 9.47 Å². The third-order valence-electron chi connectivity index (χ3n) is 5.55. The number of carbonyl (C=O) groups is 2. The Bertz CT molecular complexity index is 626. The van der Waals surface area contributed by atoms with Gasteiger partial charge in [0, 0.05) is 13.0 Å². The molecule has 1 aromatic rings. The number of methoxy groups -OCH3 is 2. The van der Waals surface area contributed by atoms with E-state index in [-0.39, 0.29) is 17.8 Å². The first-order chi connectivity index (χ1) is 11.3. The molecule has 0 bridgehead atoms. The molecule has 3 atom stereocenters. The van der Waals surface area contributed by atoms with Gasteiger partial charge in [0.25, 0.3) is 0 Å². The summed E-state index contributed by atoms with van der Waals surface area (Å²) in [6.07, 6.45) is 1.85. The Kier molecular flexibility index (Phi) is 5.49. The van der Waals surface area contributed by atoms with E-state index in [0.717, 1.165) is 16.7 Å². The number of hydrogen-bond acceptors (Lipinski definition) is 4. The Morgan fingerprint density at radius 2 is 1.71 bits per heavy atom. The van der Waals surface area contributed by atoms with Crippen molar-refractivity contribution in [3.05, 3.63) is 34.4 Å². The van der Waals surface area contributed by atoms with Crippen molar-refractivity contribution in [2.24, 2.45) is 5.41 Å². The average molecular weight is 332 g/mol. The molecule has 0 aliphatic heterocycles. The highest BCUT2D eigenvalue weighted by Crippen LogP contribution is 2.51. The number of rotatable bonds is 4. The molecule has 0 N–H and O–H groups in total.